The average Bonchev–Trinajstić information content (AvgIpc) is 3.35. The van der Waals surface area contributed by atoms with Crippen LogP contribution in [0.25, 0.3) is 0 Å². The minimum Gasteiger partial charge on any atom is -0.391 e. The molecule has 31 heavy (non-hydrogen) atoms. The molecule has 2 aromatic rings. The number of hydrogen-bond acceptors (Lipinski definition) is 6. The molecule has 1 aromatic carbocycles. The summed E-state index contributed by atoms with van der Waals surface area (Å²) in [7, 11) is 0. The van der Waals surface area contributed by atoms with E-state index in [1.165, 1.54) is 6.07 Å². The van der Waals surface area contributed by atoms with E-state index < -0.39 is 11.7 Å². The van der Waals surface area contributed by atoms with E-state index in [1.54, 1.807) is 0 Å². The van der Waals surface area contributed by atoms with Gasteiger partial charge >= 0.3 is 6.18 Å². The van der Waals surface area contributed by atoms with Crippen LogP contribution in [0.15, 0.2) is 51.9 Å². The number of aromatic nitrogens is 1. The van der Waals surface area contributed by atoms with Gasteiger partial charge in [-0.3, -0.25) is 0 Å². The number of benzene rings is 1. The van der Waals surface area contributed by atoms with Gasteiger partial charge in [0.1, 0.15) is 0 Å². The average molecular weight is 454 g/mol. The Labute approximate surface area is 184 Å². The van der Waals surface area contributed by atoms with Crippen LogP contribution in [-0.4, -0.2) is 23.4 Å². The molecule has 1 aliphatic heterocycles. The number of nitrogens with zero attached hydrogens (tertiary/aromatic N) is 2. The third-order valence-corrected chi connectivity index (χ3v) is 5.87. The number of halogens is 3. The van der Waals surface area contributed by atoms with Crippen LogP contribution in [0.4, 0.5) is 24.5 Å². The highest BCUT2D eigenvalue weighted by Gasteiger charge is 2.34. The zero-order valence-electron chi connectivity index (χ0n) is 17.5. The third-order valence-electron chi connectivity index (χ3n) is 4.99. The van der Waals surface area contributed by atoms with Crippen molar-refractivity contribution in [1.29, 1.82) is 0 Å². The van der Waals surface area contributed by atoms with Gasteiger partial charge in [-0.2, -0.15) is 13.2 Å². The number of aryl methyl sites for hydroxylation is 1. The van der Waals surface area contributed by atoms with E-state index >= 15 is 0 Å². The summed E-state index contributed by atoms with van der Waals surface area (Å²) in [6, 6.07) is 5.45. The van der Waals surface area contributed by atoms with Crippen LogP contribution in [0.2, 0.25) is 0 Å². The van der Waals surface area contributed by atoms with E-state index in [0.29, 0.717) is 35.0 Å². The predicted molar refractivity (Wildman–Crippen MR) is 118 cm³/mol. The summed E-state index contributed by atoms with van der Waals surface area (Å²) in [6.45, 7) is 7.99. The quantitative estimate of drug-likeness (QED) is 0.364. The van der Waals surface area contributed by atoms with Gasteiger partial charge in [0.2, 0.25) is 0 Å². The van der Waals surface area contributed by atoms with Crippen LogP contribution < -0.4 is 9.62 Å². The largest absolute Gasteiger partial charge is 0.416 e. The topological polar surface area (TPSA) is 61.5 Å². The van der Waals surface area contributed by atoms with E-state index in [-0.39, 0.29) is 12.6 Å². The van der Waals surface area contributed by atoms with E-state index in [1.807, 2.05) is 30.9 Å². The smallest absolute Gasteiger partial charge is 0.391 e. The lowest BCUT2D eigenvalue weighted by Crippen LogP contribution is -2.23. The Morgan fingerprint density at radius 3 is 2.81 bits per heavy atom. The molecule has 0 spiro atoms. The SMILES string of the molecule is C=C(C)C/C=C(\CO)SNc1cc(C(F)(F)F)ccc1N1CCCC1c1cc(C)no1. The van der Waals surface area contributed by atoms with Crippen molar-refractivity contribution in [2.45, 2.75) is 45.3 Å². The maximum absolute atomic E-state index is 13.4. The van der Waals surface area contributed by atoms with E-state index in [4.69, 9.17) is 4.52 Å². The number of rotatable bonds is 8. The zero-order chi connectivity index (χ0) is 22.6. The van der Waals surface area contributed by atoms with Crippen molar-refractivity contribution < 1.29 is 22.8 Å². The molecule has 168 valence electrons. The van der Waals surface area contributed by atoms with Crippen LogP contribution >= 0.6 is 11.9 Å². The summed E-state index contributed by atoms with van der Waals surface area (Å²) in [6.07, 6.45) is -0.356. The third kappa shape index (κ3) is 5.86. The number of allylic oxidation sites excluding steroid dienone is 2. The first-order valence-corrected chi connectivity index (χ1v) is 10.8. The Morgan fingerprint density at radius 1 is 1.42 bits per heavy atom. The number of alkyl halides is 3. The van der Waals surface area contributed by atoms with Crippen LogP contribution in [0, 0.1) is 6.92 Å². The van der Waals surface area contributed by atoms with Gasteiger partial charge in [0.15, 0.2) is 5.76 Å². The van der Waals surface area contributed by atoms with Crippen molar-refractivity contribution in [3.8, 4) is 0 Å². The first-order chi connectivity index (χ1) is 14.7. The van der Waals surface area contributed by atoms with E-state index in [2.05, 4.69) is 16.5 Å². The van der Waals surface area contributed by atoms with Gasteiger partial charge in [0, 0.05) is 17.5 Å². The first kappa shape index (κ1) is 23.3. The summed E-state index contributed by atoms with van der Waals surface area (Å²) >= 11 is 1.10. The molecular weight excluding hydrogens is 427 g/mol. The zero-order valence-corrected chi connectivity index (χ0v) is 18.3. The lowest BCUT2D eigenvalue weighted by Gasteiger charge is -2.28. The van der Waals surface area contributed by atoms with Crippen molar-refractivity contribution in [3.63, 3.8) is 0 Å². The fourth-order valence-electron chi connectivity index (χ4n) is 3.48. The molecule has 0 bridgehead atoms. The van der Waals surface area contributed by atoms with Crippen molar-refractivity contribution in [1.82, 2.24) is 5.16 Å². The molecule has 0 saturated carbocycles. The van der Waals surface area contributed by atoms with Crippen LogP contribution in [0.1, 0.15) is 49.2 Å². The maximum atomic E-state index is 13.4. The number of aliphatic hydroxyl groups is 1. The molecule has 0 amide bonds. The van der Waals surface area contributed by atoms with E-state index in [0.717, 1.165) is 48.2 Å². The highest BCUT2D eigenvalue weighted by atomic mass is 32.2. The van der Waals surface area contributed by atoms with Crippen molar-refractivity contribution in [2.24, 2.45) is 0 Å². The molecule has 0 radical (unpaired) electrons. The summed E-state index contributed by atoms with van der Waals surface area (Å²) in [5, 5.41) is 13.6. The lowest BCUT2D eigenvalue weighted by molar-refractivity contribution is -0.137. The minimum atomic E-state index is -4.46. The molecule has 3 rings (SSSR count). The molecule has 1 aliphatic rings. The fourth-order valence-corrected chi connectivity index (χ4v) is 4.12. The highest BCUT2D eigenvalue weighted by Crippen LogP contribution is 2.43. The van der Waals surface area contributed by atoms with Crippen LogP contribution in [0.3, 0.4) is 0 Å². The van der Waals surface area contributed by atoms with Crippen LogP contribution in [0.5, 0.6) is 0 Å². The number of nitrogens with one attached hydrogen (secondary N) is 1. The first-order valence-electron chi connectivity index (χ1n) is 9.97. The van der Waals surface area contributed by atoms with Crippen molar-refractivity contribution >= 4 is 23.3 Å². The summed E-state index contributed by atoms with van der Waals surface area (Å²) in [5.74, 6) is 0.700. The molecule has 2 heterocycles. The number of hydrogen-bond donors (Lipinski definition) is 2. The standard InChI is InChI=1S/C22H26F3N3O2S/c1-14(2)6-8-17(13-29)31-27-18-12-16(22(23,24)25)7-9-19(18)28-10-4-5-20(28)21-11-15(3)26-30-21/h7-9,11-12,20,27,29H,1,4-6,10,13H2,2-3H3/b17-8+. The van der Waals surface area contributed by atoms with Gasteiger partial charge < -0.3 is 19.3 Å². The molecule has 5 nitrogen and oxygen atoms in total. The Kier molecular flexibility index (Phi) is 7.38. The van der Waals surface area contributed by atoms with Crippen LogP contribution in [-0.2, 0) is 6.18 Å². The normalized spacial score (nSPS) is 17.3. The number of aliphatic hydroxyl groups excluding tert-OH is 1. The van der Waals surface area contributed by atoms with Gasteiger partial charge in [-0.1, -0.05) is 23.4 Å². The summed E-state index contributed by atoms with van der Waals surface area (Å²) in [4.78, 5) is 2.65. The molecule has 0 aliphatic carbocycles. The molecule has 9 heteroatoms. The Hall–Kier alpha value is -2.39. The molecule has 1 unspecified atom stereocenters. The highest BCUT2D eigenvalue weighted by molar-refractivity contribution is 8.04. The predicted octanol–water partition coefficient (Wildman–Crippen LogP) is 6.25. The van der Waals surface area contributed by atoms with Gasteiger partial charge in [0.05, 0.1) is 35.3 Å². The molecule has 1 atom stereocenters. The Balaban J connectivity index is 1.92. The van der Waals surface area contributed by atoms with Gasteiger partial charge in [-0.25, -0.2) is 0 Å². The fraction of sp³-hybridized carbons (Fsp3) is 0.409. The Morgan fingerprint density at radius 2 is 2.19 bits per heavy atom. The summed E-state index contributed by atoms with van der Waals surface area (Å²) in [5.41, 5.74) is 1.93. The summed E-state index contributed by atoms with van der Waals surface area (Å²) < 4.78 is 48.6. The maximum Gasteiger partial charge on any atom is 0.416 e. The molecule has 1 aromatic heterocycles. The second-order valence-electron chi connectivity index (χ2n) is 7.65. The molecule has 1 fully saturated rings. The molecule has 1 saturated heterocycles. The van der Waals surface area contributed by atoms with Gasteiger partial charge in [0.25, 0.3) is 0 Å². The second kappa shape index (κ2) is 9.82. The van der Waals surface area contributed by atoms with Crippen molar-refractivity contribution in [3.05, 3.63) is 64.4 Å². The molecular formula is C22H26F3N3O2S. The minimum absolute atomic E-state index is 0.0974. The molecule has 2 N–H and O–H groups in total. The number of anilines is 2. The van der Waals surface area contributed by atoms with Gasteiger partial charge in [-0.05, 0) is 63.3 Å². The van der Waals surface area contributed by atoms with Gasteiger partial charge in [-0.15, -0.1) is 0 Å². The van der Waals surface area contributed by atoms with E-state index in [9.17, 15) is 18.3 Å². The monoisotopic (exact) mass is 453 g/mol. The lowest BCUT2D eigenvalue weighted by atomic mass is 10.1. The second-order valence-corrected chi connectivity index (χ2v) is 8.58. The van der Waals surface area contributed by atoms with Crippen molar-refractivity contribution in [2.75, 3.05) is 22.8 Å². The Bertz CT molecular complexity index is 956.